The molecule has 2 aromatic carbocycles. The fraction of sp³-hybridized carbons (Fsp3) is 0.321. The summed E-state index contributed by atoms with van der Waals surface area (Å²) in [6.45, 7) is 6.99. The number of thiazole rings is 1. The van der Waals surface area contributed by atoms with Crippen molar-refractivity contribution in [2.24, 2.45) is 5.92 Å². The quantitative estimate of drug-likeness (QED) is 0.337. The van der Waals surface area contributed by atoms with Gasteiger partial charge < -0.3 is 0 Å². The Morgan fingerprint density at radius 3 is 2.41 bits per heavy atom. The van der Waals surface area contributed by atoms with Gasteiger partial charge in [-0.15, -0.1) is 0 Å². The first-order valence-corrected chi connectivity index (χ1v) is 14.6. The number of carbonyl (C=O) groups is 1. The number of carbonyl (C=O) groups excluding carboxylic acids is 1. The number of piperidine rings is 1. The lowest BCUT2D eigenvalue weighted by Gasteiger charge is -2.33. The number of benzene rings is 2. The molecule has 4 aromatic rings. The lowest BCUT2D eigenvalue weighted by atomic mass is 9.96. The molecule has 9 heteroatoms. The van der Waals surface area contributed by atoms with Gasteiger partial charge in [-0.05, 0) is 81.1 Å². The van der Waals surface area contributed by atoms with Crippen LogP contribution in [0, 0.1) is 26.7 Å². The van der Waals surface area contributed by atoms with Gasteiger partial charge in [-0.25, -0.2) is 13.4 Å². The third-order valence-electron chi connectivity index (χ3n) is 7.00. The lowest BCUT2D eigenvalue weighted by Crippen LogP contribution is -2.44. The average molecular weight is 535 g/mol. The molecule has 2 aromatic heterocycles. The van der Waals surface area contributed by atoms with E-state index in [4.69, 9.17) is 4.98 Å². The van der Waals surface area contributed by atoms with Crippen LogP contribution in [0.5, 0.6) is 0 Å². The van der Waals surface area contributed by atoms with Crippen LogP contribution in [0.25, 0.3) is 10.2 Å². The number of fused-ring (bicyclic) bond motifs is 1. The van der Waals surface area contributed by atoms with Crippen molar-refractivity contribution in [3.63, 3.8) is 0 Å². The highest BCUT2D eigenvalue weighted by Crippen LogP contribution is 2.34. The summed E-state index contributed by atoms with van der Waals surface area (Å²) in [6.07, 6.45) is 2.65. The second-order valence-electron chi connectivity index (χ2n) is 9.64. The van der Waals surface area contributed by atoms with Crippen LogP contribution < -0.4 is 4.90 Å². The number of aryl methyl sites for hydroxylation is 3. The maximum Gasteiger partial charge on any atom is 0.243 e. The van der Waals surface area contributed by atoms with Crippen LogP contribution in [0.4, 0.5) is 5.13 Å². The minimum absolute atomic E-state index is 0.0365. The molecule has 0 aliphatic carbocycles. The van der Waals surface area contributed by atoms with E-state index < -0.39 is 10.0 Å². The van der Waals surface area contributed by atoms with E-state index in [0.717, 1.165) is 27.0 Å². The highest BCUT2D eigenvalue weighted by Gasteiger charge is 2.35. The third-order valence-corrected chi connectivity index (χ3v) is 9.95. The SMILES string of the molecule is Cc1ccc(S(=O)(=O)N2CCC(C(=O)N(Cc3ccccn3)c3nc4cc(C)c(C)cc4s3)CC2)cc1. The van der Waals surface area contributed by atoms with E-state index in [1.54, 1.807) is 35.4 Å². The number of pyridine rings is 1. The van der Waals surface area contributed by atoms with Gasteiger partial charge in [0.1, 0.15) is 0 Å². The molecule has 0 saturated carbocycles. The molecule has 0 spiro atoms. The molecule has 1 amide bonds. The molecule has 192 valence electrons. The summed E-state index contributed by atoms with van der Waals surface area (Å²) in [7, 11) is -3.59. The van der Waals surface area contributed by atoms with E-state index in [1.165, 1.54) is 21.2 Å². The van der Waals surface area contributed by atoms with Crippen molar-refractivity contribution in [2.75, 3.05) is 18.0 Å². The maximum atomic E-state index is 13.9. The first-order valence-electron chi connectivity index (χ1n) is 12.4. The Balaban J connectivity index is 1.38. The first kappa shape index (κ1) is 25.5. The molecule has 1 aliphatic heterocycles. The standard InChI is InChI=1S/C28H30N4O3S2/c1-19-7-9-24(10-8-19)37(34,35)31-14-11-22(12-15-31)27(33)32(18-23-6-4-5-13-29-23)28-30-25-16-20(2)21(3)17-26(25)36-28/h4-10,13,16-17,22H,11-12,14-15,18H2,1-3H3. The smallest absolute Gasteiger partial charge is 0.243 e. The molecule has 0 unspecified atom stereocenters. The van der Waals surface area contributed by atoms with Crippen molar-refractivity contribution in [1.82, 2.24) is 14.3 Å². The Morgan fingerprint density at radius 1 is 1.03 bits per heavy atom. The highest BCUT2D eigenvalue weighted by atomic mass is 32.2. The van der Waals surface area contributed by atoms with Crippen LogP contribution in [0.3, 0.4) is 0 Å². The topological polar surface area (TPSA) is 83.5 Å². The predicted molar refractivity (Wildman–Crippen MR) is 147 cm³/mol. The molecule has 1 fully saturated rings. The second kappa shape index (κ2) is 10.3. The van der Waals surface area contributed by atoms with Gasteiger partial charge in [0.2, 0.25) is 15.9 Å². The van der Waals surface area contributed by atoms with Gasteiger partial charge in [0.05, 0.1) is 27.4 Å². The van der Waals surface area contributed by atoms with Crippen molar-refractivity contribution in [1.29, 1.82) is 0 Å². The molecule has 1 saturated heterocycles. The summed E-state index contributed by atoms with van der Waals surface area (Å²) in [5.74, 6) is -0.325. The molecular formula is C28H30N4O3S2. The minimum Gasteiger partial charge on any atom is -0.282 e. The Morgan fingerprint density at radius 2 is 1.73 bits per heavy atom. The van der Waals surface area contributed by atoms with Crippen LogP contribution in [-0.4, -0.2) is 41.7 Å². The second-order valence-corrected chi connectivity index (χ2v) is 12.6. The van der Waals surface area contributed by atoms with Gasteiger partial charge in [-0.2, -0.15) is 4.31 Å². The maximum absolute atomic E-state index is 13.9. The van der Waals surface area contributed by atoms with Crippen LogP contribution in [0.15, 0.2) is 65.7 Å². The van der Waals surface area contributed by atoms with Crippen LogP contribution in [-0.2, 0) is 21.4 Å². The number of hydrogen-bond donors (Lipinski definition) is 0. The van der Waals surface area contributed by atoms with Crippen molar-refractivity contribution in [3.8, 4) is 0 Å². The van der Waals surface area contributed by atoms with E-state index in [1.807, 2.05) is 25.1 Å². The van der Waals surface area contributed by atoms with Crippen molar-refractivity contribution in [3.05, 3.63) is 83.2 Å². The molecule has 37 heavy (non-hydrogen) atoms. The molecule has 1 aliphatic rings. The normalized spacial score (nSPS) is 15.2. The molecule has 0 N–H and O–H groups in total. The zero-order valence-corrected chi connectivity index (χ0v) is 22.8. The monoisotopic (exact) mass is 534 g/mol. The Bertz CT molecular complexity index is 1490. The molecule has 3 heterocycles. The summed E-state index contributed by atoms with van der Waals surface area (Å²) in [5, 5.41) is 0.644. The van der Waals surface area contributed by atoms with E-state index in [0.29, 0.717) is 42.5 Å². The number of anilines is 1. The molecule has 7 nitrogen and oxygen atoms in total. The zero-order valence-electron chi connectivity index (χ0n) is 21.2. The summed E-state index contributed by atoms with van der Waals surface area (Å²) in [6, 6.07) is 16.7. The summed E-state index contributed by atoms with van der Waals surface area (Å²) < 4.78 is 28.8. The molecule has 0 atom stereocenters. The van der Waals surface area contributed by atoms with Gasteiger partial charge in [-0.1, -0.05) is 35.1 Å². The molecular weight excluding hydrogens is 504 g/mol. The third kappa shape index (κ3) is 5.30. The fourth-order valence-electron chi connectivity index (χ4n) is 4.60. The van der Waals surface area contributed by atoms with E-state index in [2.05, 4.69) is 31.0 Å². The largest absolute Gasteiger partial charge is 0.282 e. The van der Waals surface area contributed by atoms with Gasteiger partial charge in [0.15, 0.2) is 5.13 Å². The average Bonchev–Trinajstić information content (AvgIpc) is 3.30. The Labute approximate surface area is 221 Å². The van der Waals surface area contributed by atoms with Crippen LogP contribution >= 0.6 is 11.3 Å². The van der Waals surface area contributed by atoms with E-state index in [9.17, 15) is 13.2 Å². The summed E-state index contributed by atoms with van der Waals surface area (Å²) >= 11 is 1.50. The summed E-state index contributed by atoms with van der Waals surface area (Å²) in [5.41, 5.74) is 5.01. The highest BCUT2D eigenvalue weighted by molar-refractivity contribution is 7.89. The van der Waals surface area contributed by atoms with E-state index in [-0.39, 0.29) is 11.8 Å². The van der Waals surface area contributed by atoms with Gasteiger partial charge in [0.25, 0.3) is 0 Å². The number of rotatable bonds is 6. The van der Waals surface area contributed by atoms with Crippen molar-refractivity contribution >= 4 is 42.6 Å². The van der Waals surface area contributed by atoms with Crippen LogP contribution in [0.1, 0.15) is 35.2 Å². The van der Waals surface area contributed by atoms with Crippen molar-refractivity contribution in [2.45, 2.75) is 45.1 Å². The number of nitrogens with zero attached hydrogens (tertiary/aromatic N) is 4. The lowest BCUT2D eigenvalue weighted by molar-refractivity contribution is -0.123. The fourth-order valence-corrected chi connectivity index (χ4v) is 7.12. The number of sulfonamides is 1. The predicted octanol–water partition coefficient (Wildman–Crippen LogP) is 5.25. The first-order chi connectivity index (χ1) is 17.7. The van der Waals surface area contributed by atoms with E-state index >= 15 is 0 Å². The van der Waals surface area contributed by atoms with Crippen molar-refractivity contribution < 1.29 is 13.2 Å². The molecule has 5 rings (SSSR count). The van der Waals surface area contributed by atoms with Gasteiger partial charge >= 0.3 is 0 Å². The van der Waals surface area contributed by atoms with Gasteiger partial charge in [0, 0.05) is 25.2 Å². The van der Waals surface area contributed by atoms with Gasteiger partial charge in [-0.3, -0.25) is 14.7 Å². The summed E-state index contributed by atoms with van der Waals surface area (Å²) in [4.78, 5) is 25.1. The minimum atomic E-state index is -3.59. The molecule has 0 radical (unpaired) electrons. The van der Waals surface area contributed by atoms with Crippen LogP contribution in [0.2, 0.25) is 0 Å². The number of hydrogen-bond acceptors (Lipinski definition) is 6. The number of aromatic nitrogens is 2. The Kier molecular flexibility index (Phi) is 7.11. The zero-order chi connectivity index (χ0) is 26.2. The Hall–Kier alpha value is -3.14. The molecule has 0 bridgehead atoms. The number of amides is 1.